The molecule has 0 radical (unpaired) electrons. The number of hydrogen-bond acceptors (Lipinski definition) is 3. The standard InChI is InChI=1S/C13H20FNO2/c1-3-17-8-7-15(2)13(10-16)11-5-4-6-12(14)9-11/h4-6,9,13,16H,3,7-8,10H2,1-2H3/t13-/m0/s1. The Hall–Kier alpha value is -0.970. The highest BCUT2D eigenvalue weighted by molar-refractivity contribution is 5.20. The highest BCUT2D eigenvalue weighted by atomic mass is 19.1. The molecule has 4 heteroatoms. The molecule has 1 N–H and O–H groups in total. The van der Waals surface area contributed by atoms with Crippen LogP contribution in [-0.4, -0.2) is 43.4 Å². The first-order valence-electron chi connectivity index (χ1n) is 5.83. The first-order valence-corrected chi connectivity index (χ1v) is 5.83. The second-order valence-corrected chi connectivity index (χ2v) is 3.93. The smallest absolute Gasteiger partial charge is 0.123 e. The Labute approximate surface area is 102 Å². The predicted molar refractivity (Wildman–Crippen MR) is 65.3 cm³/mol. The van der Waals surface area contributed by atoms with Gasteiger partial charge in [-0.15, -0.1) is 0 Å². The van der Waals surface area contributed by atoms with Gasteiger partial charge < -0.3 is 9.84 Å². The van der Waals surface area contributed by atoms with Crippen LogP contribution in [0.5, 0.6) is 0 Å². The molecule has 0 saturated carbocycles. The molecule has 96 valence electrons. The van der Waals surface area contributed by atoms with Crippen LogP contribution in [0.4, 0.5) is 4.39 Å². The fourth-order valence-electron chi connectivity index (χ4n) is 1.72. The Morgan fingerprint density at radius 1 is 1.47 bits per heavy atom. The first-order chi connectivity index (χ1) is 8.19. The van der Waals surface area contributed by atoms with Gasteiger partial charge in [-0.05, 0) is 31.7 Å². The Morgan fingerprint density at radius 2 is 2.24 bits per heavy atom. The van der Waals surface area contributed by atoms with Gasteiger partial charge in [-0.25, -0.2) is 4.39 Å². The van der Waals surface area contributed by atoms with Crippen molar-refractivity contribution in [2.24, 2.45) is 0 Å². The monoisotopic (exact) mass is 241 g/mol. The second-order valence-electron chi connectivity index (χ2n) is 3.93. The highest BCUT2D eigenvalue weighted by Gasteiger charge is 2.16. The average molecular weight is 241 g/mol. The molecule has 1 aromatic rings. The van der Waals surface area contributed by atoms with Gasteiger partial charge in [0, 0.05) is 13.2 Å². The van der Waals surface area contributed by atoms with Gasteiger partial charge >= 0.3 is 0 Å². The summed E-state index contributed by atoms with van der Waals surface area (Å²) in [4.78, 5) is 1.96. The summed E-state index contributed by atoms with van der Waals surface area (Å²) < 4.78 is 18.4. The van der Waals surface area contributed by atoms with E-state index in [9.17, 15) is 9.50 Å². The van der Waals surface area contributed by atoms with Crippen molar-refractivity contribution in [3.05, 3.63) is 35.6 Å². The molecule has 0 aliphatic carbocycles. The average Bonchev–Trinajstić information content (AvgIpc) is 2.30. The van der Waals surface area contributed by atoms with Gasteiger partial charge in [-0.3, -0.25) is 4.90 Å². The van der Waals surface area contributed by atoms with Crippen LogP contribution >= 0.6 is 0 Å². The number of halogens is 1. The molecule has 0 fully saturated rings. The largest absolute Gasteiger partial charge is 0.394 e. The molecule has 0 spiro atoms. The number of aliphatic hydroxyl groups is 1. The van der Waals surface area contributed by atoms with E-state index < -0.39 is 0 Å². The summed E-state index contributed by atoms with van der Waals surface area (Å²) in [6, 6.07) is 6.15. The lowest BCUT2D eigenvalue weighted by molar-refractivity contribution is 0.0872. The molecular weight excluding hydrogens is 221 g/mol. The molecule has 0 saturated heterocycles. The van der Waals surface area contributed by atoms with Gasteiger partial charge in [0.25, 0.3) is 0 Å². The van der Waals surface area contributed by atoms with E-state index in [0.717, 1.165) is 5.56 Å². The summed E-state index contributed by atoms with van der Waals surface area (Å²) >= 11 is 0. The van der Waals surface area contributed by atoms with E-state index >= 15 is 0 Å². The van der Waals surface area contributed by atoms with Crippen LogP contribution in [0, 0.1) is 5.82 Å². The molecule has 0 aliphatic rings. The van der Waals surface area contributed by atoms with Crippen LogP contribution < -0.4 is 0 Å². The van der Waals surface area contributed by atoms with Crippen molar-refractivity contribution in [1.82, 2.24) is 4.90 Å². The van der Waals surface area contributed by atoms with E-state index in [1.807, 2.05) is 24.9 Å². The van der Waals surface area contributed by atoms with Crippen LogP contribution in [0.25, 0.3) is 0 Å². The third-order valence-corrected chi connectivity index (χ3v) is 2.73. The summed E-state index contributed by atoms with van der Waals surface area (Å²) in [7, 11) is 1.89. The topological polar surface area (TPSA) is 32.7 Å². The van der Waals surface area contributed by atoms with E-state index in [2.05, 4.69) is 0 Å². The summed E-state index contributed by atoms with van der Waals surface area (Å²) in [5.74, 6) is -0.279. The number of benzene rings is 1. The van der Waals surface area contributed by atoms with E-state index in [4.69, 9.17) is 4.74 Å². The van der Waals surface area contributed by atoms with Crippen LogP contribution in [0.15, 0.2) is 24.3 Å². The van der Waals surface area contributed by atoms with Crippen molar-refractivity contribution >= 4 is 0 Å². The van der Waals surface area contributed by atoms with E-state index in [0.29, 0.717) is 19.8 Å². The van der Waals surface area contributed by atoms with E-state index in [1.165, 1.54) is 12.1 Å². The zero-order valence-corrected chi connectivity index (χ0v) is 10.4. The quantitative estimate of drug-likeness (QED) is 0.739. The van der Waals surface area contributed by atoms with Gasteiger partial charge in [0.2, 0.25) is 0 Å². The minimum Gasteiger partial charge on any atom is -0.394 e. The van der Waals surface area contributed by atoms with Crippen molar-refractivity contribution in [1.29, 1.82) is 0 Å². The molecule has 0 unspecified atom stereocenters. The van der Waals surface area contributed by atoms with E-state index in [1.54, 1.807) is 6.07 Å². The number of nitrogens with zero attached hydrogens (tertiary/aromatic N) is 1. The second kappa shape index (κ2) is 7.37. The van der Waals surface area contributed by atoms with Crippen molar-refractivity contribution in [2.75, 3.05) is 33.4 Å². The molecule has 0 aliphatic heterocycles. The molecule has 0 amide bonds. The van der Waals surface area contributed by atoms with Crippen LogP contribution in [0.2, 0.25) is 0 Å². The van der Waals surface area contributed by atoms with Gasteiger partial charge in [0.15, 0.2) is 0 Å². The number of ether oxygens (including phenoxy) is 1. The Balaban J connectivity index is 2.63. The van der Waals surface area contributed by atoms with Gasteiger partial charge in [0.05, 0.1) is 19.3 Å². The van der Waals surface area contributed by atoms with Crippen molar-refractivity contribution in [2.45, 2.75) is 13.0 Å². The molecular formula is C13H20FNO2. The van der Waals surface area contributed by atoms with Gasteiger partial charge in [-0.2, -0.15) is 0 Å². The van der Waals surface area contributed by atoms with Crippen molar-refractivity contribution in [3.63, 3.8) is 0 Å². The minimum absolute atomic E-state index is 0.0356. The number of aliphatic hydroxyl groups excluding tert-OH is 1. The lowest BCUT2D eigenvalue weighted by atomic mass is 10.1. The summed E-state index contributed by atoms with van der Waals surface area (Å²) in [5, 5.41) is 9.39. The Kier molecular flexibility index (Phi) is 6.11. The lowest BCUT2D eigenvalue weighted by Gasteiger charge is -2.26. The van der Waals surface area contributed by atoms with Gasteiger partial charge in [0.1, 0.15) is 5.82 Å². The number of hydrogen-bond donors (Lipinski definition) is 1. The maximum atomic E-state index is 13.1. The third-order valence-electron chi connectivity index (χ3n) is 2.73. The minimum atomic E-state index is -0.279. The van der Waals surface area contributed by atoms with Crippen LogP contribution in [0.1, 0.15) is 18.5 Å². The SMILES string of the molecule is CCOCCN(C)[C@@H](CO)c1cccc(F)c1. The Morgan fingerprint density at radius 3 is 2.82 bits per heavy atom. The van der Waals surface area contributed by atoms with Gasteiger partial charge in [-0.1, -0.05) is 12.1 Å². The third kappa shape index (κ3) is 4.42. The molecule has 0 aromatic heterocycles. The predicted octanol–water partition coefficient (Wildman–Crippen LogP) is 1.83. The maximum absolute atomic E-state index is 13.1. The molecule has 1 atom stereocenters. The number of rotatable bonds is 7. The summed E-state index contributed by atoms with van der Waals surface area (Å²) in [6.45, 7) is 3.90. The zero-order chi connectivity index (χ0) is 12.7. The molecule has 0 bridgehead atoms. The summed E-state index contributed by atoms with van der Waals surface area (Å²) in [6.07, 6.45) is 0. The molecule has 1 rings (SSSR count). The zero-order valence-electron chi connectivity index (χ0n) is 10.4. The van der Waals surface area contributed by atoms with E-state index in [-0.39, 0.29) is 18.5 Å². The summed E-state index contributed by atoms with van der Waals surface area (Å²) in [5.41, 5.74) is 0.784. The number of likely N-dealkylation sites (N-methyl/N-ethyl adjacent to an activating group) is 1. The fraction of sp³-hybridized carbons (Fsp3) is 0.538. The van der Waals surface area contributed by atoms with Crippen molar-refractivity contribution in [3.8, 4) is 0 Å². The molecule has 17 heavy (non-hydrogen) atoms. The van der Waals surface area contributed by atoms with Crippen molar-refractivity contribution < 1.29 is 14.2 Å². The molecule has 0 heterocycles. The maximum Gasteiger partial charge on any atom is 0.123 e. The van der Waals surface area contributed by atoms with Crippen LogP contribution in [0.3, 0.4) is 0 Å². The molecule has 3 nitrogen and oxygen atoms in total. The molecule has 1 aromatic carbocycles. The Bertz CT molecular complexity index is 333. The lowest BCUT2D eigenvalue weighted by Crippen LogP contribution is -2.30. The normalized spacial score (nSPS) is 13.0. The fourth-order valence-corrected chi connectivity index (χ4v) is 1.72. The first kappa shape index (κ1) is 14.1. The highest BCUT2D eigenvalue weighted by Crippen LogP contribution is 2.19. The van der Waals surface area contributed by atoms with Crippen LogP contribution in [-0.2, 0) is 4.74 Å².